The van der Waals surface area contributed by atoms with E-state index >= 15 is 0 Å². The highest BCUT2D eigenvalue weighted by atomic mass is 35.5. The predicted octanol–water partition coefficient (Wildman–Crippen LogP) is 5.76. The summed E-state index contributed by atoms with van der Waals surface area (Å²) in [6.45, 7) is 6.04. The number of halogens is 5. The molecule has 0 fully saturated rings. The molecule has 164 valence electrons. The lowest BCUT2D eigenvalue weighted by Crippen LogP contribution is -2.25. The van der Waals surface area contributed by atoms with Gasteiger partial charge in [-0.05, 0) is 36.4 Å². The Labute approximate surface area is 184 Å². The lowest BCUT2D eigenvalue weighted by atomic mass is 10.2. The third-order valence-corrected chi connectivity index (χ3v) is 4.54. The summed E-state index contributed by atoms with van der Waals surface area (Å²) in [7, 11) is 0. The Bertz CT molecular complexity index is 1370. The molecule has 0 spiro atoms. The molecule has 0 aliphatic carbocycles. The first-order valence-electron chi connectivity index (χ1n) is 9.04. The second-order valence-electron chi connectivity index (χ2n) is 6.44. The fourth-order valence-corrected chi connectivity index (χ4v) is 2.90. The minimum atomic E-state index is -3.42. The number of alkyl halides is 4. The SMILES string of the molecule is C=CC(F)(F)c1nc2ccccc2[nH]c1=O.C=CC(F)(F)c1nc2ccccc2nc1Cl. The molecule has 0 unspecified atom stereocenters. The molecule has 0 bridgehead atoms. The highest BCUT2D eigenvalue weighted by Gasteiger charge is 2.33. The van der Waals surface area contributed by atoms with Gasteiger partial charge in [0.05, 0.1) is 22.1 Å². The highest BCUT2D eigenvalue weighted by Crippen LogP contribution is 2.32. The maximum atomic E-state index is 13.4. The molecule has 2 heterocycles. The summed E-state index contributed by atoms with van der Waals surface area (Å²) in [4.78, 5) is 25.1. The second-order valence-corrected chi connectivity index (χ2v) is 6.80. The summed E-state index contributed by atoms with van der Waals surface area (Å²) in [6, 6.07) is 13.2. The van der Waals surface area contributed by atoms with Gasteiger partial charge in [0.15, 0.2) is 16.5 Å². The molecule has 4 aromatic rings. The molecule has 2 aromatic heterocycles. The van der Waals surface area contributed by atoms with Crippen LogP contribution in [0.2, 0.25) is 5.15 Å². The first-order valence-corrected chi connectivity index (χ1v) is 9.42. The largest absolute Gasteiger partial charge is 0.319 e. The molecule has 32 heavy (non-hydrogen) atoms. The molecule has 0 radical (unpaired) electrons. The predicted molar refractivity (Wildman–Crippen MR) is 115 cm³/mol. The van der Waals surface area contributed by atoms with Crippen molar-refractivity contribution in [3.05, 3.63) is 101 Å². The van der Waals surface area contributed by atoms with Gasteiger partial charge in [-0.1, -0.05) is 49.0 Å². The van der Waals surface area contributed by atoms with E-state index < -0.39 is 28.8 Å². The number of aromatic nitrogens is 4. The second kappa shape index (κ2) is 8.88. The number of para-hydroxylation sites is 4. The van der Waals surface area contributed by atoms with Gasteiger partial charge in [-0.3, -0.25) is 4.79 Å². The zero-order valence-corrected chi connectivity index (χ0v) is 17.1. The highest BCUT2D eigenvalue weighted by molar-refractivity contribution is 6.30. The van der Waals surface area contributed by atoms with E-state index in [9.17, 15) is 22.4 Å². The zero-order valence-electron chi connectivity index (χ0n) is 16.3. The summed E-state index contributed by atoms with van der Waals surface area (Å²) >= 11 is 5.67. The number of fused-ring (bicyclic) bond motifs is 2. The minimum absolute atomic E-state index is 0.302. The zero-order chi connectivity index (χ0) is 23.5. The van der Waals surface area contributed by atoms with Crippen molar-refractivity contribution in [1.29, 1.82) is 0 Å². The average Bonchev–Trinajstić information content (AvgIpc) is 2.78. The van der Waals surface area contributed by atoms with Gasteiger partial charge in [0.1, 0.15) is 0 Å². The smallest absolute Gasteiger partial charge is 0.313 e. The number of nitrogens with one attached hydrogen (secondary N) is 1. The number of H-pyrrole nitrogens is 1. The number of nitrogens with zero attached hydrogens (tertiary/aromatic N) is 3. The number of hydrogen-bond donors (Lipinski definition) is 1. The number of aromatic amines is 1. The summed E-state index contributed by atoms with van der Waals surface area (Å²) < 4.78 is 53.3. The summed E-state index contributed by atoms with van der Waals surface area (Å²) in [5.41, 5.74) is -0.693. The number of hydrogen-bond acceptors (Lipinski definition) is 4. The number of rotatable bonds is 4. The third-order valence-electron chi connectivity index (χ3n) is 4.27. The molecule has 0 aliphatic rings. The molecular weight excluding hydrogens is 448 g/mol. The summed E-state index contributed by atoms with van der Waals surface area (Å²) in [5.74, 6) is -6.69. The molecule has 0 atom stereocenters. The van der Waals surface area contributed by atoms with Gasteiger partial charge in [0, 0.05) is 0 Å². The standard InChI is InChI=1S/C11H7ClF2N2.C11H8F2N2O/c1-2-11(13,14)9-10(12)16-8-6-4-3-5-7(8)15-9;1-2-11(12,13)9-10(16)15-8-6-4-3-5-7(8)14-9/h2-6H,1H2;2-6H,1H2,(H,15,16). The first-order chi connectivity index (χ1) is 15.1. The Hall–Kier alpha value is -3.59. The van der Waals surface area contributed by atoms with Crippen LogP contribution in [0, 0.1) is 0 Å². The van der Waals surface area contributed by atoms with Crippen molar-refractivity contribution in [3.8, 4) is 0 Å². The van der Waals surface area contributed by atoms with Gasteiger partial charge >= 0.3 is 11.8 Å². The Morgan fingerprint density at radius 1 is 0.781 bits per heavy atom. The van der Waals surface area contributed by atoms with Gasteiger partial charge in [-0.2, -0.15) is 17.6 Å². The molecule has 5 nitrogen and oxygen atoms in total. The van der Waals surface area contributed by atoms with Crippen molar-refractivity contribution in [3.63, 3.8) is 0 Å². The molecule has 2 aromatic carbocycles. The maximum absolute atomic E-state index is 13.4. The van der Waals surface area contributed by atoms with Gasteiger partial charge in [0.2, 0.25) is 0 Å². The Kier molecular flexibility index (Phi) is 6.40. The van der Waals surface area contributed by atoms with Crippen LogP contribution in [0.15, 0.2) is 78.6 Å². The molecule has 10 heteroatoms. The van der Waals surface area contributed by atoms with Crippen LogP contribution < -0.4 is 5.56 Å². The van der Waals surface area contributed by atoms with E-state index in [1.54, 1.807) is 48.5 Å². The molecule has 0 aliphatic heterocycles. The van der Waals surface area contributed by atoms with Crippen molar-refractivity contribution in [1.82, 2.24) is 19.9 Å². The van der Waals surface area contributed by atoms with E-state index in [0.717, 1.165) is 0 Å². The first kappa shape index (κ1) is 23.1. The molecular formula is C22H15ClF4N4O. The van der Waals surface area contributed by atoms with E-state index in [0.29, 0.717) is 34.2 Å². The van der Waals surface area contributed by atoms with E-state index in [1.165, 1.54) is 0 Å². The van der Waals surface area contributed by atoms with E-state index in [2.05, 4.69) is 33.1 Å². The Morgan fingerprint density at radius 2 is 1.25 bits per heavy atom. The fraction of sp³-hybridized carbons (Fsp3) is 0.0909. The molecule has 0 saturated heterocycles. The van der Waals surface area contributed by atoms with E-state index in [1.807, 2.05) is 0 Å². The normalized spacial score (nSPS) is 11.7. The van der Waals surface area contributed by atoms with Crippen LogP contribution in [-0.4, -0.2) is 19.9 Å². The quantitative estimate of drug-likeness (QED) is 0.309. The van der Waals surface area contributed by atoms with Crippen LogP contribution in [0.4, 0.5) is 17.6 Å². The van der Waals surface area contributed by atoms with Gasteiger partial charge in [-0.25, -0.2) is 15.0 Å². The lowest BCUT2D eigenvalue weighted by Gasteiger charge is -2.12. The molecule has 0 amide bonds. The molecule has 0 saturated carbocycles. The molecule has 4 rings (SSSR count). The van der Waals surface area contributed by atoms with Crippen molar-refractivity contribution in [2.45, 2.75) is 11.8 Å². The minimum Gasteiger partial charge on any atom is -0.319 e. The van der Waals surface area contributed by atoms with Crippen LogP contribution in [0.5, 0.6) is 0 Å². The number of benzene rings is 2. The lowest BCUT2D eigenvalue weighted by molar-refractivity contribution is 0.0461. The van der Waals surface area contributed by atoms with Crippen LogP contribution in [-0.2, 0) is 11.8 Å². The maximum Gasteiger partial charge on any atom is 0.313 e. The monoisotopic (exact) mass is 462 g/mol. The third kappa shape index (κ3) is 4.67. The van der Waals surface area contributed by atoms with Gasteiger partial charge in [-0.15, -0.1) is 0 Å². The van der Waals surface area contributed by atoms with Crippen molar-refractivity contribution in [2.75, 3.05) is 0 Å². The summed E-state index contributed by atoms with van der Waals surface area (Å²) in [6.07, 6.45) is 0.900. The van der Waals surface area contributed by atoms with Crippen molar-refractivity contribution >= 4 is 33.7 Å². The summed E-state index contributed by atoms with van der Waals surface area (Å²) in [5, 5.41) is -0.302. The van der Waals surface area contributed by atoms with Gasteiger partial charge < -0.3 is 4.98 Å². The molecule has 1 N–H and O–H groups in total. The van der Waals surface area contributed by atoms with E-state index in [-0.39, 0.29) is 5.15 Å². The van der Waals surface area contributed by atoms with Crippen LogP contribution in [0.3, 0.4) is 0 Å². The van der Waals surface area contributed by atoms with Crippen LogP contribution in [0.1, 0.15) is 11.4 Å². The van der Waals surface area contributed by atoms with Crippen LogP contribution in [0.25, 0.3) is 22.1 Å². The van der Waals surface area contributed by atoms with E-state index in [4.69, 9.17) is 11.6 Å². The average molecular weight is 463 g/mol. The van der Waals surface area contributed by atoms with Gasteiger partial charge in [0.25, 0.3) is 5.56 Å². The van der Waals surface area contributed by atoms with Crippen molar-refractivity contribution < 1.29 is 17.6 Å². The van der Waals surface area contributed by atoms with Crippen LogP contribution >= 0.6 is 11.6 Å². The number of allylic oxidation sites excluding steroid dienone is 2. The fourth-order valence-electron chi connectivity index (χ4n) is 2.64. The Morgan fingerprint density at radius 3 is 1.84 bits per heavy atom. The van der Waals surface area contributed by atoms with Crippen molar-refractivity contribution in [2.24, 2.45) is 0 Å². The topological polar surface area (TPSA) is 71.5 Å². The Balaban J connectivity index is 0.000000181.